The van der Waals surface area contributed by atoms with Crippen molar-refractivity contribution in [2.24, 2.45) is 0 Å². The molecule has 11 nitrogen and oxygen atoms in total. The molecule has 3 aromatic rings. The molecular weight excluding hydrogens is 564 g/mol. The van der Waals surface area contributed by atoms with Gasteiger partial charge in [0.05, 0.1) is 23.3 Å². The number of fused-ring (bicyclic) bond motifs is 1. The van der Waals surface area contributed by atoms with E-state index in [1.54, 1.807) is 21.6 Å². The fraction of sp³-hybridized carbons (Fsp3) is 0.433. The Bertz CT molecular complexity index is 1680. The normalized spacial score (nSPS) is 19.1. The molecule has 3 aliphatic rings. The lowest BCUT2D eigenvalue weighted by Gasteiger charge is -2.34. The molecule has 1 atom stereocenters. The molecular formula is C30H31F2N5O6. The Labute approximate surface area is 245 Å². The second kappa shape index (κ2) is 11.3. The van der Waals surface area contributed by atoms with E-state index < -0.39 is 40.8 Å². The summed E-state index contributed by atoms with van der Waals surface area (Å²) < 4.78 is 37.3. The minimum Gasteiger partial charge on any atom is -0.477 e. The Balaban J connectivity index is 1.12. The number of Topliss-reactive ketones (excluding diaryl/α,β-unsaturated/α-hetero) is 1. The van der Waals surface area contributed by atoms with E-state index in [4.69, 9.17) is 4.74 Å². The molecule has 0 spiro atoms. The number of benzene rings is 1. The molecule has 1 aromatic carbocycles. The Hall–Kier alpha value is -4.55. The monoisotopic (exact) mass is 595 g/mol. The minimum absolute atomic E-state index is 0.0103. The van der Waals surface area contributed by atoms with E-state index >= 15 is 8.78 Å². The maximum atomic E-state index is 15.2. The number of pyridine rings is 2. The van der Waals surface area contributed by atoms with Crippen LogP contribution >= 0.6 is 0 Å². The number of nitrogens with one attached hydrogen (secondary N) is 1. The maximum Gasteiger partial charge on any atom is 0.414 e. The average Bonchev–Trinajstić information content (AvgIpc) is 3.75. The highest BCUT2D eigenvalue weighted by atomic mass is 19.1. The SMILES string of the molecule is CC(=O)CC[C@@H]1CN(c2ccc(NC3CCN(c4nc5c(cc4F)c(=O)c(C(=O)O)cn5C4CC4)CC3)c(F)c2)C(=O)O1. The summed E-state index contributed by atoms with van der Waals surface area (Å²) in [7, 11) is 0. The molecule has 4 heterocycles. The van der Waals surface area contributed by atoms with Gasteiger partial charge in [0.1, 0.15) is 28.9 Å². The number of carbonyl (C=O) groups excluding carboxylic acids is 2. The number of hydrogen-bond acceptors (Lipinski definition) is 8. The van der Waals surface area contributed by atoms with Crippen molar-refractivity contribution in [2.75, 3.05) is 34.8 Å². The van der Waals surface area contributed by atoms with Crippen molar-refractivity contribution in [1.29, 1.82) is 0 Å². The second-order valence-electron chi connectivity index (χ2n) is 11.4. The molecule has 1 amide bonds. The van der Waals surface area contributed by atoms with Crippen LogP contribution in [0.2, 0.25) is 0 Å². The van der Waals surface area contributed by atoms with Gasteiger partial charge in [-0.2, -0.15) is 0 Å². The number of carbonyl (C=O) groups is 3. The number of halogens is 2. The molecule has 6 rings (SSSR count). The molecule has 2 saturated heterocycles. The molecule has 1 aliphatic carbocycles. The van der Waals surface area contributed by atoms with E-state index in [1.165, 1.54) is 24.1 Å². The first-order valence-electron chi connectivity index (χ1n) is 14.4. The molecule has 0 radical (unpaired) electrons. The number of rotatable bonds is 9. The number of ketones is 1. The van der Waals surface area contributed by atoms with Crippen molar-refractivity contribution in [2.45, 2.75) is 63.6 Å². The molecule has 1 saturated carbocycles. The molecule has 2 N–H and O–H groups in total. The Morgan fingerprint density at radius 1 is 1.09 bits per heavy atom. The van der Waals surface area contributed by atoms with Gasteiger partial charge in [0.25, 0.3) is 0 Å². The van der Waals surface area contributed by atoms with Crippen LogP contribution in [0.4, 0.5) is 30.8 Å². The summed E-state index contributed by atoms with van der Waals surface area (Å²) in [6.07, 6.45) is 3.79. The summed E-state index contributed by atoms with van der Waals surface area (Å²) in [4.78, 5) is 55.5. The molecule has 2 aromatic heterocycles. The molecule has 3 fully saturated rings. The van der Waals surface area contributed by atoms with Gasteiger partial charge in [-0.25, -0.2) is 23.4 Å². The first kappa shape index (κ1) is 28.6. The molecule has 226 valence electrons. The Morgan fingerprint density at radius 3 is 2.49 bits per heavy atom. The number of hydrogen-bond donors (Lipinski definition) is 2. The number of piperidine rings is 1. The molecule has 13 heteroatoms. The van der Waals surface area contributed by atoms with Gasteiger partial charge in [0.15, 0.2) is 11.6 Å². The van der Waals surface area contributed by atoms with E-state index in [2.05, 4.69) is 10.3 Å². The van der Waals surface area contributed by atoms with E-state index in [1.807, 2.05) is 0 Å². The minimum atomic E-state index is -1.36. The van der Waals surface area contributed by atoms with Crippen molar-refractivity contribution in [1.82, 2.24) is 9.55 Å². The van der Waals surface area contributed by atoms with Gasteiger partial charge in [-0.3, -0.25) is 9.69 Å². The number of nitrogens with zero attached hydrogens (tertiary/aromatic N) is 4. The number of cyclic esters (lactones) is 1. The van der Waals surface area contributed by atoms with E-state index in [0.717, 1.165) is 18.9 Å². The van der Waals surface area contributed by atoms with Crippen molar-refractivity contribution in [3.05, 3.63) is 57.9 Å². The van der Waals surface area contributed by atoms with Crippen molar-refractivity contribution in [3.8, 4) is 0 Å². The highest BCUT2D eigenvalue weighted by Gasteiger charge is 2.33. The van der Waals surface area contributed by atoms with Gasteiger partial charge < -0.3 is 29.4 Å². The quantitative estimate of drug-likeness (QED) is 0.367. The fourth-order valence-corrected chi connectivity index (χ4v) is 5.73. The lowest BCUT2D eigenvalue weighted by atomic mass is 10.0. The number of carboxylic acids is 1. The van der Waals surface area contributed by atoms with Gasteiger partial charge >= 0.3 is 12.1 Å². The van der Waals surface area contributed by atoms with Crippen LogP contribution in [0.15, 0.2) is 35.3 Å². The van der Waals surface area contributed by atoms with Gasteiger partial charge in [-0.15, -0.1) is 0 Å². The predicted octanol–water partition coefficient (Wildman–Crippen LogP) is 4.48. The fourth-order valence-electron chi connectivity index (χ4n) is 5.73. The molecule has 43 heavy (non-hydrogen) atoms. The second-order valence-corrected chi connectivity index (χ2v) is 11.4. The summed E-state index contributed by atoms with van der Waals surface area (Å²) in [6.45, 7) is 2.57. The van der Waals surface area contributed by atoms with Crippen molar-refractivity contribution < 1.29 is 33.0 Å². The van der Waals surface area contributed by atoms with E-state index in [9.17, 15) is 24.3 Å². The van der Waals surface area contributed by atoms with Gasteiger partial charge in [-0.1, -0.05) is 0 Å². The number of ether oxygens (including phenoxy) is 1. The third-order valence-corrected chi connectivity index (χ3v) is 8.22. The number of aromatic carboxylic acids is 1. The highest BCUT2D eigenvalue weighted by Crippen LogP contribution is 2.37. The first-order valence-corrected chi connectivity index (χ1v) is 14.4. The van der Waals surface area contributed by atoms with Crippen LogP contribution in [0, 0.1) is 11.6 Å². The average molecular weight is 596 g/mol. The lowest BCUT2D eigenvalue weighted by molar-refractivity contribution is -0.117. The largest absolute Gasteiger partial charge is 0.477 e. The van der Waals surface area contributed by atoms with Crippen molar-refractivity contribution >= 4 is 46.1 Å². The van der Waals surface area contributed by atoms with Crippen LogP contribution in [-0.2, 0) is 9.53 Å². The zero-order chi connectivity index (χ0) is 30.4. The van der Waals surface area contributed by atoms with E-state index in [-0.39, 0.29) is 47.0 Å². The van der Waals surface area contributed by atoms with E-state index in [0.29, 0.717) is 44.5 Å². The summed E-state index contributed by atoms with van der Waals surface area (Å²) in [5, 5.41) is 12.6. The topological polar surface area (TPSA) is 134 Å². The highest BCUT2D eigenvalue weighted by molar-refractivity contribution is 5.92. The van der Waals surface area contributed by atoms with Crippen LogP contribution in [0.5, 0.6) is 0 Å². The third-order valence-electron chi connectivity index (χ3n) is 8.22. The number of amides is 1. The van der Waals surface area contributed by atoms with Gasteiger partial charge in [0.2, 0.25) is 5.43 Å². The van der Waals surface area contributed by atoms with Crippen LogP contribution < -0.4 is 20.5 Å². The molecule has 0 bridgehead atoms. The van der Waals surface area contributed by atoms with Crippen LogP contribution in [0.3, 0.4) is 0 Å². The maximum absolute atomic E-state index is 15.2. The van der Waals surface area contributed by atoms with Gasteiger partial charge in [-0.05, 0) is 63.3 Å². The van der Waals surface area contributed by atoms with Crippen molar-refractivity contribution in [3.63, 3.8) is 0 Å². The zero-order valence-corrected chi connectivity index (χ0v) is 23.5. The summed E-state index contributed by atoms with van der Waals surface area (Å²) >= 11 is 0. The molecule has 2 aliphatic heterocycles. The number of aromatic nitrogens is 2. The zero-order valence-electron chi connectivity index (χ0n) is 23.5. The number of anilines is 3. The Kier molecular flexibility index (Phi) is 7.49. The third kappa shape index (κ3) is 5.75. The predicted molar refractivity (Wildman–Crippen MR) is 154 cm³/mol. The summed E-state index contributed by atoms with van der Waals surface area (Å²) in [5.41, 5.74) is -0.257. The van der Waals surface area contributed by atoms with Gasteiger partial charge in [0, 0.05) is 37.8 Å². The Morgan fingerprint density at radius 2 is 1.84 bits per heavy atom. The van der Waals surface area contributed by atoms with Crippen LogP contribution in [0.1, 0.15) is 61.8 Å². The number of carboxylic acid groups (broad SMARTS) is 1. The van der Waals surface area contributed by atoms with Crippen LogP contribution in [-0.4, -0.2) is 64.3 Å². The first-order chi connectivity index (χ1) is 20.6. The molecule has 0 unspecified atom stereocenters. The summed E-state index contributed by atoms with van der Waals surface area (Å²) in [5.74, 6) is -2.49. The van der Waals surface area contributed by atoms with Crippen LogP contribution in [0.25, 0.3) is 11.0 Å². The summed E-state index contributed by atoms with van der Waals surface area (Å²) in [6, 6.07) is 5.48. The lowest BCUT2D eigenvalue weighted by Crippen LogP contribution is -2.40. The standard InChI is InChI=1S/C30H31F2N5O6/c1-16(38)2-6-20-14-37(30(42)43-20)19-5-7-25(23(31)12-19)33-17-8-10-35(11-9-17)28-24(32)13-21-26(39)22(29(40)41)15-36(18-3-4-18)27(21)34-28/h5,7,12-13,15,17-18,20,33H,2-4,6,8-11,14H2,1H3,(H,40,41)/t20-/m1/s1. The smallest absolute Gasteiger partial charge is 0.414 e.